The van der Waals surface area contributed by atoms with Crippen LogP contribution in [-0.2, 0) is 6.54 Å². The number of nitrogens with two attached hydrogens (primary N) is 1. The van der Waals surface area contributed by atoms with Crippen LogP contribution in [0.1, 0.15) is 0 Å². The van der Waals surface area contributed by atoms with Crippen molar-refractivity contribution in [3.8, 4) is 11.6 Å². The molecule has 22 heavy (non-hydrogen) atoms. The number of hydrogen-bond acceptors (Lipinski definition) is 8. The molecule has 4 rings (SSSR count). The number of furan rings is 1. The molecule has 0 aliphatic heterocycles. The summed E-state index contributed by atoms with van der Waals surface area (Å²) in [6, 6.07) is 3.46. The highest BCUT2D eigenvalue weighted by molar-refractivity contribution is 7.17. The summed E-state index contributed by atoms with van der Waals surface area (Å²) in [5.74, 6) is 0.969. The maximum Gasteiger partial charge on any atom is 0.309 e. The van der Waals surface area contributed by atoms with Crippen LogP contribution in [0.3, 0.4) is 0 Å². The lowest BCUT2D eigenvalue weighted by atomic mass is 10.4. The third kappa shape index (κ3) is 1.74. The van der Waals surface area contributed by atoms with E-state index >= 15 is 0 Å². The third-order valence-corrected chi connectivity index (χ3v) is 4.15. The first kappa shape index (κ1) is 13.0. The fraction of sp³-hybridized carbons (Fsp3) is 0.167. The predicted molar refractivity (Wildman–Crippen MR) is 79.6 cm³/mol. The number of thiazole rings is 1. The Morgan fingerprint density at radius 2 is 2.23 bits per heavy atom. The molecule has 0 amide bonds. The molecule has 9 nitrogen and oxygen atoms in total. The second-order valence-corrected chi connectivity index (χ2v) is 5.48. The first-order valence-corrected chi connectivity index (χ1v) is 7.21. The Balaban J connectivity index is 2.07. The second kappa shape index (κ2) is 4.64. The smallest absolute Gasteiger partial charge is 0.309 e. The van der Waals surface area contributed by atoms with Crippen molar-refractivity contribution in [2.75, 3.05) is 12.3 Å². The standard InChI is InChI=1S/C12H10N6O3S/c13-11-15-9-7(22-12(20)17(9)3-4-19)10-14-8(16-18(10)11)6-2-1-5-21-6/h1-2,5,19H,3-4H2,(H2,13,15). The van der Waals surface area contributed by atoms with Crippen LogP contribution in [0.2, 0.25) is 0 Å². The second-order valence-electron chi connectivity index (χ2n) is 4.51. The minimum atomic E-state index is -0.230. The van der Waals surface area contributed by atoms with Crippen molar-refractivity contribution < 1.29 is 9.52 Å². The van der Waals surface area contributed by atoms with Gasteiger partial charge in [-0.1, -0.05) is 11.3 Å². The van der Waals surface area contributed by atoms with Crippen LogP contribution in [0.15, 0.2) is 27.6 Å². The van der Waals surface area contributed by atoms with Gasteiger partial charge in [-0.15, -0.1) is 5.10 Å². The molecule has 0 fully saturated rings. The van der Waals surface area contributed by atoms with E-state index in [1.165, 1.54) is 15.3 Å². The van der Waals surface area contributed by atoms with Crippen LogP contribution in [0.4, 0.5) is 5.95 Å². The van der Waals surface area contributed by atoms with Gasteiger partial charge >= 0.3 is 4.87 Å². The largest absolute Gasteiger partial charge is 0.461 e. The van der Waals surface area contributed by atoms with E-state index in [-0.39, 0.29) is 24.0 Å². The van der Waals surface area contributed by atoms with Gasteiger partial charge < -0.3 is 15.3 Å². The van der Waals surface area contributed by atoms with Crippen molar-refractivity contribution >= 4 is 33.3 Å². The van der Waals surface area contributed by atoms with Crippen LogP contribution in [-0.4, -0.2) is 35.9 Å². The molecule has 0 aromatic carbocycles. The van der Waals surface area contributed by atoms with Crippen LogP contribution < -0.4 is 10.6 Å². The van der Waals surface area contributed by atoms with Gasteiger partial charge in [0.05, 0.1) is 19.4 Å². The minimum Gasteiger partial charge on any atom is -0.461 e. The maximum atomic E-state index is 12.0. The number of hydrogen-bond donors (Lipinski definition) is 2. The first-order chi connectivity index (χ1) is 10.7. The molecule has 10 heteroatoms. The SMILES string of the molecule is Nc1nc2c(sc(=O)n2CCO)c2nc(-c3ccco3)nn12. The van der Waals surface area contributed by atoms with Gasteiger partial charge in [-0.2, -0.15) is 9.50 Å². The zero-order valence-electron chi connectivity index (χ0n) is 11.1. The summed E-state index contributed by atoms with van der Waals surface area (Å²) in [4.78, 5) is 20.4. The molecule has 4 aromatic heterocycles. The molecule has 0 atom stereocenters. The number of anilines is 1. The molecule has 4 aromatic rings. The summed E-state index contributed by atoms with van der Waals surface area (Å²) in [6.45, 7) is -0.0105. The van der Waals surface area contributed by atoms with Crippen LogP contribution in [0.5, 0.6) is 0 Å². The highest BCUT2D eigenvalue weighted by Crippen LogP contribution is 2.25. The molecule has 0 unspecified atom stereocenters. The van der Waals surface area contributed by atoms with Crippen LogP contribution in [0, 0.1) is 0 Å². The fourth-order valence-corrected chi connectivity index (χ4v) is 3.17. The zero-order chi connectivity index (χ0) is 15.3. The molecule has 0 aliphatic rings. The lowest BCUT2D eigenvalue weighted by Gasteiger charge is -2.01. The normalized spacial score (nSPS) is 11.7. The molecule has 0 spiro atoms. The Morgan fingerprint density at radius 3 is 2.95 bits per heavy atom. The van der Waals surface area contributed by atoms with Gasteiger partial charge in [0.15, 0.2) is 17.1 Å². The maximum absolute atomic E-state index is 12.0. The molecular weight excluding hydrogens is 308 g/mol. The molecule has 4 heterocycles. The van der Waals surface area contributed by atoms with Crippen molar-refractivity contribution in [3.05, 3.63) is 28.1 Å². The number of fused-ring (bicyclic) bond motifs is 3. The zero-order valence-corrected chi connectivity index (χ0v) is 11.9. The van der Waals surface area contributed by atoms with Gasteiger partial charge in [-0.3, -0.25) is 9.36 Å². The topological polar surface area (TPSA) is 124 Å². The van der Waals surface area contributed by atoms with Crippen molar-refractivity contribution in [3.63, 3.8) is 0 Å². The quantitative estimate of drug-likeness (QED) is 0.558. The summed E-state index contributed by atoms with van der Waals surface area (Å²) in [7, 11) is 0. The molecule has 0 saturated carbocycles. The lowest BCUT2D eigenvalue weighted by molar-refractivity contribution is 0.277. The highest BCUT2D eigenvalue weighted by Gasteiger charge is 2.19. The fourth-order valence-electron chi connectivity index (χ4n) is 2.24. The summed E-state index contributed by atoms with van der Waals surface area (Å²) in [5, 5.41) is 13.3. The monoisotopic (exact) mass is 318 g/mol. The van der Waals surface area contributed by atoms with E-state index in [0.29, 0.717) is 27.6 Å². The Hall–Kier alpha value is -2.72. The van der Waals surface area contributed by atoms with Crippen molar-refractivity contribution in [2.45, 2.75) is 6.54 Å². The minimum absolute atomic E-state index is 0.109. The third-order valence-electron chi connectivity index (χ3n) is 3.18. The summed E-state index contributed by atoms with van der Waals surface area (Å²) < 4.78 is 8.59. The van der Waals surface area contributed by atoms with E-state index in [1.54, 1.807) is 12.1 Å². The molecular formula is C12H10N6O3S. The van der Waals surface area contributed by atoms with E-state index in [4.69, 9.17) is 15.3 Å². The molecule has 3 N–H and O–H groups in total. The molecule has 0 saturated heterocycles. The Bertz CT molecular complexity index is 1030. The summed E-state index contributed by atoms with van der Waals surface area (Å²) >= 11 is 0.992. The predicted octanol–water partition coefficient (Wildman–Crippen LogP) is 0.335. The number of nitrogen functional groups attached to an aromatic ring is 1. The van der Waals surface area contributed by atoms with Gasteiger partial charge in [0.25, 0.3) is 0 Å². The van der Waals surface area contributed by atoms with Crippen LogP contribution in [0.25, 0.3) is 27.6 Å². The van der Waals surface area contributed by atoms with Crippen LogP contribution >= 0.6 is 11.3 Å². The van der Waals surface area contributed by atoms with E-state index in [0.717, 1.165) is 11.3 Å². The Kier molecular flexibility index (Phi) is 2.74. The van der Waals surface area contributed by atoms with Crippen molar-refractivity contribution in [2.24, 2.45) is 0 Å². The number of nitrogens with zero attached hydrogens (tertiary/aromatic N) is 5. The summed E-state index contributed by atoms with van der Waals surface area (Å²) in [5.41, 5.74) is 6.74. The number of aliphatic hydroxyl groups excluding tert-OH is 1. The van der Waals surface area contributed by atoms with Gasteiger partial charge in [0, 0.05) is 0 Å². The molecule has 0 aliphatic carbocycles. The molecule has 0 radical (unpaired) electrons. The highest BCUT2D eigenvalue weighted by atomic mass is 32.1. The van der Waals surface area contributed by atoms with E-state index < -0.39 is 0 Å². The Morgan fingerprint density at radius 1 is 1.36 bits per heavy atom. The van der Waals surface area contributed by atoms with Crippen molar-refractivity contribution in [1.29, 1.82) is 0 Å². The number of rotatable bonds is 3. The van der Waals surface area contributed by atoms with Gasteiger partial charge in [0.1, 0.15) is 4.70 Å². The van der Waals surface area contributed by atoms with E-state index in [2.05, 4.69) is 15.1 Å². The average molecular weight is 318 g/mol. The van der Waals surface area contributed by atoms with Gasteiger partial charge in [-0.25, -0.2) is 4.98 Å². The molecule has 112 valence electrons. The van der Waals surface area contributed by atoms with Crippen molar-refractivity contribution in [1.82, 2.24) is 24.1 Å². The van der Waals surface area contributed by atoms with E-state index in [9.17, 15) is 4.79 Å². The summed E-state index contributed by atoms with van der Waals surface area (Å²) in [6.07, 6.45) is 1.52. The van der Waals surface area contributed by atoms with Gasteiger partial charge in [0.2, 0.25) is 11.8 Å². The first-order valence-electron chi connectivity index (χ1n) is 6.39. The van der Waals surface area contributed by atoms with E-state index in [1.807, 2.05) is 0 Å². The Labute approximate surface area is 126 Å². The number of aliphatic hydroxyl groups is 1. The average Bonchev–Trinajstić information content (AvgIpc) is 3.19. The number of aromatic nitrogens is 5. The van der Waals surface area contributed by atoms with Gasteiger partial charge in [-0.05, 0) is 12.1 Å². The molecule has 0 bridgehead atoms. The lowest BCUT2D eigenvalue weighted by Crippen LogP contribution is -2.16.